The molecule has 0 amide bonds. The van der Waals surface area contributed by atoms with Crippen LogP contribution in [0.5, 0.6) is 0 Å². The molecule has 1 aromatic heterocycles. The summed E-state index contributed by atoms with van der Waals surface area (Å²) in [5.41, 5.74) is 2.37. The first-order chi connectivity index (χ1) is 8.21. The molecule has 0 saturated carbocycles. The third kappa shape index (κ3) is 2.05. The Morgan fingerprint density at radius 1 is 1.35 bits per heavy atom. The number of carbonyl (C=O) groups is 1. The van der Waals surface area contributed by atoms with Crippen LogP contribution < -0.4 is 5.56 Å². The van der Waals surface area contributed by atoms with Gasteiger partial charge in [0.1, 0.15) is 0 Å². The lowest BCUT2D eigenvalue weighted by molar-refractivity contribution is 0.112. The van der Waals surface area contributed by atoms with Crippen molar-refractivity contribution < 1.29 is 4.79 Å². The normalized spacial score (nSPS) is 15.6. The molecule has 0 fully saturated rings. The third-order valence-corrected chi connectivity index (χ3v) is 3.47. The second kappa shape index (κ2) is 4.84. The lowest BCUT2D eigenvalue weighted by atomic mass is 10.0. The number of carbonyl (C=O) groups excluding carboxylic acids is 1. The molecule has 92 valence electrons. The van der Waals surface area contributed by atoms with Gasteiger partial charge in [-0.2, -0.15) is 0 Å². The van der Waals surface area contributed by atoms with Gasteiger partial charge >= 0.3 is 0 Å². The fourth-order valence-corrected chi connectivity index (χ4v) is 2.49. The van der Waals surface area contributed by atoms with E-state index < -0.39 is 0 Å². The molecule has 1 aromatic rings. The Labute approximate surface area is 101 Å². The van der Waals surface area contributed by atoms with Crippen molar-refractivity contribution in [3.8, 4) is 0 Å². The summed E-state index contributed by atoms with van der Waals surface area (Å²) < 4.78 is 1.74. The summed E-state index contributed by atoms with van der Waals surface area (Å²) in [7, 11) is 0. The molecule has 0 spiro atoms. The molecule has 0 aliphatic carbocycles. The molecule has 2 rings (SSSR count). The van der Waals surface area contributed by atoms with Gasteiger partial charge in [-0.05, 0) is 25.1 Å². The van der Waals surface area contributed by atoms with Crippen LogP contribution in [-0.4, -0.2) is 28.8 Å². The molecule has 0 saturated heterocycles. The molecule has 1 aliphatic rings. The highest BCUT2D eigenvalue weighted by molar-refractivity contribution is 5.74. The molecule has 17 heavy (non-hydrogen) atoms. The quantitative estimate of drug-likeness (QED) is 0.734. The van der Waals surface area contributed by atoms with Crippen LogP contribution in [0.25, 0.3) is 0 Å². The van der Waals surface area contributed by atoms with Crippen molar-refractivity contribution in [2.45, 2.75) is 33.4 Å². The molecule has 0 bridgehead atoms. The Hall–Kier alpha value is -1.42. The molecule has 0 unspecified atom stereocenters. The summed E-state index contributed by atoms with van der Waals surface area (Å²) in [5, 5.41) is 0. The zero-order chi connectivity index (χ0) is 12.4. The van der Waals surface area contributed by atoms with Gasteiger partial charge in [-0.3, -0.25) is 14.5 Å². The Balaban J connectivity index is 2.55. The van der Waals surface area contributed by atoms with E-state index in [0.717, 1.165) is 37.3 Å². The molecule has 0 radical (unpaired) electrons. The summed E-state index contributed by atoms with van der Waals surface area (Å²) in [5.74, 6) is 0. The summed E-state index contributed by atoms with van der Waals surface area (Å²) in [6, 6.07) is 1.76. The fraction of sp³-hybridized carbons (Fsp3) is 0.538. The van der Waals surface area contributed by atoms with Crippen LogP contribution >= 0.6 is 0 Å². The van der Waals surface area contributed by atoms with Gasteiger partial charge in [-0.25, -0.2) is 0 Å². The van der Waals surface area contributed by atoms with Crippen LogP contribution in [0.3, 0.4) is 0 Å². The number of fused-ring (bicyclic) bond motifs is 1. The van der Waals surface area contributed by atoms with Gasteiger partial charge in [0.2, 0.25) is 0 Å². The minimum atomic E-state index is -0.147. The molecule has 2 heterocycles. The van der Waals surface area contributed by atoms with Gasteiger partial charge in [0, 0.05) is 31.7 Å². The molecule has 1 aliphatic heterocycles. The zero-order valence-corrected chi connectivity index (χ0v) is 10.4. The van der Waals surface area contributed by atoms with Crippen molar-refractivity contribution in [2.24, 2.45) is 0 Å². The van der Waals surface area contributed by atoms with Gasteiger partial charge < -0.3 is 4.57 Å². The topological polar surface area (TPSA) is 42.3 Å². The van der Waals surface area contributed by atoms with Gasteiger partial charge in [0.25, 0.3) is 5.56 Å². The maximum absolute atomic E-state index is 12.0. The first-order valence-corrected chi connectivity index (χ1v) is 6.14. The van der Waals surface area contributed by atoms with E-state index in [2.05, 4.69) is 11.8 Å². The van der Waals surface area contributed by atoms with Crippen molar-refractivity contribution in [2.75, 3.05) is 13.1 Å². The Bertz CT molecular complexity index is 491. The third-order valence-electron chi connectivity index (χ3n) is 3.47. The van der Waals surface area contributed by atoms with Crippen molar-refractivity contribution in [1.82, 2.24) is 9.47 Å². The Morgan fingerprint density at radius 3 is 2.71 bits per heavy atom. The summed E-state index contributed by atoms with van der Waals surface area (Å²) in [6.45, 7) is 7.54. The second-order valence-corrected chi connectivity index (χ2v) is 4.36. The number of pyridine rings is 1. The monoisotopic (exact) mass is 234 g/mol. The Kier molecular flexibility index (Phi) is 3.43. The van der Waals surface area contributed by atoms with Crippen LogP contribution in [0, 0.1) is 0 Å². The highest BCUT2D eigenvalue weighted by atomic mass is 16.1. The second-order valence-electron chi connectivity index (χ2n) is 4.36. The predicted molar refractivity (Wildman–Crippen MR) is 66.4 cm³/mol. The molecule has 0 atom stereocenters. The Morgan fingerprint density at radius 2 is 2.12 bits per heavy atom. The average Bonchev–Trinajstić information content (AvgIpc) is 2.37. The number of aromatic nitrogens is 1. The average molecular weight is 234 g/mol. The molecular weight excluding hydrogens is 216 g/mol. The lowest BCUT2D eigenvalue weighted by Crippen LogP contribution is -2.36. The van der Waals surface area contributed by atoms with E-state index in [9.17, 15) is 9.59 Å². The van der Waals surface area contributed by atoms with Crippen LogP contribution in [-0.2, 0) is 19.5 Å². The SMILES string of the molecule is CCN1CCc2c(cc(C=O)c(=O)n2CC)C1. The minimum absolute atomic E-state index is 0.147. The van der Waals surface area contributed by atoms with E-state index in [0.29, 0.717) is 12.8 Å². The molecule has 0 aromatic carbocycles. The van der Waals surface area contributed by atoms with E-state index in [-0.39, 0.29) is 11.1 Å². The number of nitrogens with zero attached hydrogens (tertiary/aromatic N) is 2. The van der Waals surface area contributed by atoms with Crippen molar-refractivity contribution >= 4 is 6.29 Å². The van der Waals surface area contributed by atoms with Crippen LogP contribution in [0.15, 0.2) is 10.9 Å². The van der Waals surface area contributed by atoms with E-state index in [1.807, 2.05) is 6.92 Å². The number of hydrogen-bond donors (Lipinski definition) is 0. The molecular formula is C13H18N2O2. The predicted octanol–water partition coefficient (Wildman–Crippen LogP) is 1.06. The molecule has 0 N–H and O–H groups in total. The van der Waals surface area contributed by atoms with Gasteiger partial charge in [-0.15, -0.1) is 0 Å². The zero-order valence-electron chi connectivity index (χ0n) is 10.4. The summed E-state index contributed by atoms with van der Waals surface area (Å²) in [4.78, 5) is 25.2. The van der Waals surface area contributed by atoms with Gasteiger partial charge in [0.05, 0.1) is 5.56 Å². The van der Waals surface area contributed by atoms with Crippen molar-refractivity contribution in [3.63, 3.8) is 0 Å². The first kappa shape index (κ1) is 12.0. The van der Waals surface area contributed by atoms with E-state index in [1.165, 1.54) is 0 Å². The number of aldehydes is 1. The minimum Gasteiger partial charge on any atom is -0.312 e. The smallest absolute Gasteiger partial charge is 0.261 e. The maximum atomic E-state index is 12.0. The number of rotatable bonds is 3. The highest BCUT2D eigenvalue weighted by Gasteiger charge is 2.20. The number of hydrogen-bond acceptors (Lipinski definition) is 3. The van der Waals surface area contributed by atoms with E-state index in [1.54, 1.807) is 10.6 Å². The largest absolute Gasteiger partial charge is 0.312 e. The van der Waals surface area contributed by atoms with Gasteiger partial charge in [0.15, 0.2) is 6.29 Å². The summed E-state index contributed by atoms with van der Waals surface area (Å²) in [6.07, 6.45) is 1.56. The van der Waals surface area contributed by atoms with E-state index >= 15 is 0 Å². The first-order valence-electron chi connectivity index (χ1n) is 6.14. The maximum Gasteiger partial charge on any atom is 0.261 e. The lowest BCUT2D eigenvalue weighted by Gasteiger charge is -2.29. The summed E-state index contributed by atoms with van der Waals surface area (Å²) >= 11 is 0. The standard InChI is InChI=1S/C13H18N2O2/c1-3-14-6-5-12-10(8-14)7-11(9-16)13(17)15(12)4-2/h7,9H,3-6,8H2,1-2H3. The van der Waals surface area contributed by atoms with Crippen molar-refractivity contribution in [1.29, 1.82) is 0 Å². The van der Waals surface area contributed by atoms with Gasteiger partial charge in [-0.1, -0.05) is 6.92 Å². The van der Waals surface area contributed by atoms with Crippen LogP contribution in [0.4, 0.5) is 0 Å². The van der Waals surface area contributed by atoms with Crippen LogP contribution in [0.2, 0.25) is 0 Å². The number of likely N-dealkylation sites (N-methyl/N-ethyl adjacent to an activating group) is 1. The van der Waals surface area contributed by atoms with E-state index in [4.69, 9.17) is 0 Å². The van der Waals surface area contributed by atoms with Crippen LogP contribution in [0.1, 0.15) is 35.5 Å². The molecule has 4 heteroatoms. The van der Waals surface area contributed by atoms with Crippen molar-refractivity contribution in [3.05, 3.63) is 33.2 Å². The highest BCUT2D eigenvalue weighted by Crippen LogP contribution is 2.18. The fourth-order valence-electron chi connectivity index (χ4n) is 2.49. The molecule has 4 nitrogen and oxygen atoms in total.